The summed E-state index contributed by atoms with van der Waals surface area (Å²) in [5.41, 5.74) is 8.55. The van der Waals surface area contributed by atoms with Gasteiger partial charge in [-0.3, -0.25) is 19.4 Å². The molecule has 3 saturated heterocycles. The summed E-state index contributed by atoms with van der Waals surface area (Å²) in [4.78, 5) is 70.8. The van der Waals surface area contributed by atoms with Crippen molar-refractivity contribution in [3.05, 3.63) is 84.8 Å². The maximum atomic E-state index is 14.7. The molecule has 7 rings (SSSR count). The number of nitrogens with zero attached hydrogens (tertiary/aromatic N) is 5. The lowest BCUT2D eigenvalue weighted by molar-refractivity contribution is -0.295. The molecular weight excluding hydrogens is 973 g/mol. The van der Waals surface area contributed by atoms with Gasteiger partial charge in [0.05, 0.1) is 28.2 Å². The lowest BCUT2D eigenvalue weighted by Crippen LogP contribution is -2.61. The zero-order chi connectivity index (χ0) is 54.3. The van der Waals surface area contributed by atoms with Gasteiger partial charge in [-0.05, 0) is 122 Å². The molecule has 20 nitrogen and oxygen atoms in total. The average molecular weight is 1050 g/mol. The number of nitrogens with two attached hydrogens (primary N) is 1. The van der Waals surface area contributed by atoms with E-state index in [4.69, 9.17) is 29.4 Å². The number of amides is 1. The second-order valence-electron chi connectivity index (χ2n) is 20.3. The van der Waals surface area contributed by atoms with Gasteiger partial charge in [0, 0.05) is 67.1 Å². The highest BCUT2D eigenvalue weighted by Gasteiger charge is 2.61. The monoisotopic (exact) mass is 1050 g/mol. The molecule has 0 saturated carbocycles. The number of hydrogen-bond acceptors (Lipinski definition) is 18. The fourth-order valence-electron chi connectivity index (χ4n) is 10.6. The van der Waals surface area contributed by atoms with Crippen LogP contribution in [0.25, 0.3) is 10.9 Å². The van der Waals surface area contributed by atoms with Crippen LogP contribution in [-0.2, 0) is 54.5 Å². The number of likely N-dealkylation sites (N-methyl/N-ethyl adjacent to an activating group) is 1. The van der Waals surface area contributed by atoms with Crippen molar-refractivity contribution < 1.29 is 56.4 Å². The van der Waals surface area contributed by atoms with Crippen LogP contribution in [0.2, 0.25) is 0 Å². The van der Waals surface area contributed by atoms with E-state index in [0.717, 1.165) is 16.5 Å². The van der Waals surface area contributed by atoms with E-state index >= 15 is 0 Å². The van der Waals surface area contributed by atoms with Gasteiger partial charge in [0.1, 0.15) is 30.0 Å². The molecule has 0 bridgehead atoms. The highest BCUT2D eigenvalue weighted by molar-refractivity contribution is 7.92. The number of hydrazine groups is 1. The molecule has 404 valence electrons. The Morgan fingerprint density at radius 2 is 1.58 bits per heavy atom. The minimum Gasteiger partial charge on any atom is -0.458 e. The highest BCUT2D eigenvalue weighted by Crippen LogP contribution is 2.42. The van der Waals surface area contributed by atoms with Crippen LogP contribution in [-0.4, -0.2) is 144 Å². The predicted molar refractivity (Wildman–Crippen MR) is 276 cm³/mol. The third kappa shape index (κ3) is 12.9. The number of aryl methyl sites for hydroxylation is 1. The maximum Gasteiger partial charge on any atom is 0.425 e. The Hall–Kier alpha value is -5.68. The molecular formula is C53H74N8O12S. The molecule has 21 heteroatoms. The second-order valence-corrected chi connectivity index (χ2v) is 22.0. The van der Waals surface area contributed by atoms with Crippen molar-refractivity contribution in [2.24, 2.45) is 23.7 Å². The first-order chi connectivity index (χ1) is 35.0. The van der Waals surface area contributed by atoms with Crippen molar-refractivity contribution in [3.8, 4) is 0 Å². The summed E-state index contributed by atoms with van der Waals surface area (Å²) in [6.07, 6.45) is 1.83. The van der Waals surface area contributed by atoms with Gasteiger partial charge in [-0.2, -0.15) is 0 Å². The Kier molecular flexibility index (Phi) is 18.9. The molecule has 4 aromatic rings. The number of benzene rings is 2. The Labute approximate surface area is 434 Å². The topological polar surface area (TPSA) is 264 Å². The molecule has 3 aliphatic rings. The van der Waals surface area contributed by atoms with Gasteiger partial charge in [-0.1, -0.05) is 45.9 Å². The standard InChI is InChI=1S/C43H64N4O10.C10H10N4O2S/c1-12-33-43(8)37(47(41(52)57-43)45-20-15-16-29-19-21-44-31-18-14-13-17-30(29)31)26(4)34(48)24(2)23-42(7,53-11)38(27(5)35(49)28(6)39(51)55-33)56-40-36(50)32(46(9)10)22-25(3)54-40;11-8-2-4-9(5-3-8)17(15,16)14-10-12-6-1-7-13-10/h13-14,17-19,21,24-28,32-33,36-38,40,45,50H,12,15-16,20,22-23H2,1-11H3;1-7H,11H2,(H,12,13,14)/t24-,25-,26-,27+,28-,32+,33+,36-,37-,38-,40+,42-,43-;/m1./s1. The van der Waals surface area contributed by atoms with Gasteiger partial charge in [0.15, 0.2) is 17.7 Å². The van der Waals surface area contributed by atoms with E-state index in [1.165, 1.54) is 55.7 Å². The van der Waals surface area contributed by atoms with Gasteiger partial charge >= 0.3 is 12.1 Å². The molecule has 5 N–H and O–H groups in total. The van der Waals surface area contributed by atoms with E-state index in [1.54, 1.807) is 46.9 Å². The average Bonchev–Trinajstić information content (AvgIpc) is 3.64. The van der Waals surface area contributed by atoms with Crippen LogP contribution in [0, 0.1) is 23.7 Å². The molecule has 1 amide bonds. The number of aromatic nitrogens is 3. The number of cyclic esters (lactones) is 1. The number of Topliss-reactive ketones (excluding diaryl/α,β-unsaturated/α-hetero) is 2. The molecule has 0 radical (unpaired) electrons. The fourth-order valence-corrected chi connectivity index (χ4v) is 11.5. The number of carbonyl (C=O) groups excluding carboxylic acids is 4. The van der Waals surface area contributed by atoms with E-state index < -0.39 is 93.4 Å². The minimum absolute atomic E-state index is 0.0318. The molecule has 2 aromatic carbocycles. The van der Waals surface area contributed by atoms with Gasteiger partial charge in [-0.15, -0.1) is 0 Å². The molecule has 13 atom stereocenters. The summed E-state index contributed by atoms with van der Waals surface area (Å²) in [7, 11) is 1.57. The number of sulfonamides is 1. The zero-order valence-electron chi connectivity index (χ0n) is 44.3. The first kappa shape index (κ1) is 57.6. The normalized spacial score (nSPS) is 31.2. The molecule has 5 heterocycles. The number of aliphatic hydroxyl groups excluding tert-OH is 1. The van der Waals surface area contributed by atoms with Gasteiger partial charge in [0.25, 0.3) is 10.0 Å². The van der Waals surface area contributed by atoms with E-state index in [-0.39, 0.29) is 41.6 Å². The molecule has 2 aromatic heterocycles. The third-order valence-electron chi connectivity index (χ3n) is 14.7. The number of anilines is 2. The van der Waals surface area contributed by atoms with Crippen molar-refractivity contribution in [2.75, 3.05) is 38.2 Å². The Balaban J connectivity index is 0.000000441. The van der Waals surface area contributed by atoms with Crippen molar-refractivity contribution in [3.63, 3.8) is 0 Å². The fraction of sp³-hybridized carbons (Fsp3) is 0.566. The third-order valence-corrected chi connectivity index (χ3v) is 16.0. The van der Waals surface area contributed by atoms with Crippen molar-refractivity contribution in [2.45, 2.75) is 146 Å². The number of ketones is 2. The van der Waals surface area contributed by atoms with Gasteiger partial charge in [-0.25, -0.2) is 38.3 Å². The van der Waals surface area contributed by atoms with E-state index in [0.29, 0.717) is 31.5 Å². The summed E-state index contributed by atoms with van der Waals surface area (Å²) in [5.74, 6) is -5.05. The van der Waals surface area contributed by atoms with Crippen LogP contribution in [0.1, 0.15) is 86.6 Å². The van der Waals surface area contributed by atoms with Crippen molar-refractivity contribution in [1.29, 1.82) is 0 Å². The van der Waals surface area contributed by atoms with Crippen molar-refractivity contribution >= 4 is 56.2 Å². The summed E-state index contributed by atoms with van der Waals surface area (Å²) in [6.45, 7) is 14.3. The van der Waals surface area contributed by atoms with Gasteiger partial charge in [0.2, 0.25) is 5.95 Å². The number of para-hydroxylation sites is 1. The van der Waals surface area contributed by atoms with Crippen LogP contribution < -0.4 is 15.9 Å². The number of hydrogen-bond donors (Lipinski definition) is 4. The first-order valence-corrected chi connectivity index (χ1v) is 26.7. The summed E-state index contributed by atoms with van der Waals surface area (Å²) in [5, 5.41) is 13.9. The largest absolute Gasteiger partial charge is 0.458 e. The number of fused-ring (bicyclic) bond motifs is 2. The van der Waals surface area contributed by atoms with E-state index in [9.17, 15) is 32.7 Å². The molecule has 3 fully saturated rings. The lowest BCUT2D eigenvalue weighted by Gasteiger charge is -2.47. The zero-order valence-corrected chi connectivity index (χ0v) is 45.1. The molecule has 0 spiro atoms. The van der Waals surface area contributed by atoms with Gasteiger partial charge < -0.3 is 39.4 Å². The number of pyridine rings is 1. The smallest absolute Gasteiger partial charge is 0.425 e. The van der Waals surface area contributed by atoms with Crippen LogP contribution in [0.5, 0.6) is 0 Å². The second kappa shape index (κ2) is 24.3. The number of ether oxygens (including phenoxy) is 5. The first-order valence-electron chi connectivity index (χ1n) is 25.2. The summed E-state index contributed by atoms with van der Waals surface area (Å²) >= 11 is 0. The van der Waals surface area contributed by atoms with Crippen LogP contribution in [0.3, 0.4) is 0 Å². The molecule has 74 heavy (non-hydrogen) atoms. The lowest BCUT2D eigenvalue weighted by atomic mass is 9.73. The van der Waals surface area contributed by atoms with Crippen molar-refractivity contribution in [1.82, 2.24) is 30.3 Å². The molecule has 0 aliphatic carbocycles. The molecule has 3 aliphatic heterocycles. The minimum atomic E-state index is -3.66. The van der Waals surface area contributed by atoms with Crippen LogP contribution >= 0.6 is 0 Å². The number of rotatable bonds is 13. The summed E-state index contributed by atoms with van der Waals surface area (Å²) < 4.78 is 57.2. The van der Waals surface area contributed by atoms with Crippen LogP contribution in [0.4, 0.5) is 16.4 Å². The summed E-state index contributed by atoms with van der Waals surface area (Å²) in [6, 6.07) is 16.2. The molecule has 0 unspecified atom stereocenters. The number of aliphatic hydroxyl groups is 1. The van der Waals surface area contributed by atoms with E-state index in [2.05, 4.69) is 25.1 Å². The maximum absolute atomic E-state index is 14.7. The number of nitrogens with one attached hydrogen (secondary N) is 2. The number of methoxy groups -OCH3 is 1. The van der Waals surface area contributed by atoms with E-state index in [1.807, 2.05) is 63.2 Å². The quantitative estimate of drug-likeness (QED) is 0.0539. The Morgan fingerprint density at radius 3 is 2.23 bits per heavy atom. The SMILES string of the molecule is CC[C@@H]1OC(=O)[C@H](C)C(=O)[C@H](C)[C@@H](O[C@@H]2O[C@H](C)C[C@H](N(C)C)[C@H]2O)[C@](C)(OC)C[C@@H](C)C(=O)[C@@H](C)[C@H]2N(NCCCc3ccnc4ccccc34)C(=O)O[C@]12C.Nc1ccc(S(=O)(=O)Nc2ncccn2)cc1. The predicted octanol–water partition coefficient (Wildman–Crippen LogP) is 5.74. The Bertz CT molecular complexity index is 2680. The Morgan fingerprint density at radius 1 is 0.905 bits per heavy atom. The highest BCUT2D eigenvalue weighted by atomic mass is 32.2. The number of esters is 1. The van der Waals surface area contributed by atoms with Crippen LogP contribution in [0.15, 0.2) is 84.1 Å². The number of nitrogen functional groups attached to an aromatic ring is 1. The number of carbonyl (C=O) groups is 4.